The van der Waals surface area contributed by atoms with Crippen LogP contribution >= 0.6 is 0 Å². The number of anilines is 2. The summed E-state index contributed by atoms with van der Waals surface area (Å²) in [6.45, 7) is 5.56. The van der Waals surface area contributed by atoms with E-state index in [0.29, 0.717) is 11.1 Å². The van der Waals surface area contributed by atoms with Gasteiger partial charge in [-0.3, -0.25) is 24.0 Å². The molecule has 0 aliphatic heterocycles. The number of non-ortho nitro benzene ring substituents is 1. The summed E-state index contributed by atoms with van der Waals surface area (Å²) in [4.78, 5) is 36.4. The summed E-state index contributed by atoms with van der Waals surface area (Å²) in [6, 6.07) is 17.0. The predicted molar refractivity (Wildman–Crippen MR) is 145 cm³/mol. The van der Waals surface area contributed by atoms with Gasteiger partial charge in [0.1, 0.15) is 18.0 Å². The van der Waals surface area contributed by atoms with Crippen molar-refractivity contribution in [2.45, 2.75) is 26.2 Å². The molecular weight excluding hydrogens is 510 g/mol. The summed E-state index contributed by atoms with van der Waals surface area (Å²) in [5.74, 6) is -0.914. The maximum Gasteiger partial charge on any atom is 0.271 e. The van der Waals surface area contributed by atoms with Gasteiger partial charge in [-0.05, 0) is 29.2 Å². The van der Waals surface area contributed by atoms with Crippen LogP contribution in [0.5, 0.6) is 5.75 Å². The third-order valence-corrected chi connectivity index (χ3v) is 6.88. The molecule has 10 nitrogen and oxygen atoms in total. The van der Waals surface area contributed by atoms with Crippen LogP contribution in [-0.4, -0.2) is 44.9 Å². The van der Waals surface area contributed by atoms with E-state index in [1.165, 1.54) is 25.3 Å². The Kier molecular flexibility index (Phi) is 8.21. The third-order valence-electron chi connectivity index (χ3n) is 5.75. The van der Waals surface area contributed by atoms with Crippen molar-refractivity contribution in [1.29, 1.82) is 0 Å². The van der Waals surface area contributed by atoms with Crippen LogP contribution in [0.4, 0.5) is 17.1 Å². The van der Waals surface area contributed by atoms with Gasteiger partial charge in [-0.2, -0.15) is 0 Å². The number of benzene rings is 3. The van der Waals surface area contributed by atoms with E-state index in [-0.39, 0.29) is 34.0 Å². The first-order valence-corrected chi connectivity index (χ1v) is 13.4. The molecule has 3 rings (SSSR count). The molecule has 38 heavy (non-hydrogen) atoms. The van der Waals surface area contributed by atoms with Crippen LogP contribution in [0.2, 0.25) is 0 Å². The normalized spacial score (nSPS) is 11.5. The number of nitro benzene ring substituents is 1. The van der Waals surface area contributed by atoms with Crippen molar-refractivity contribution in [2.24, 2.45) is 0 Å². The van der Waals surface area contributed by atoms with Crippen LogP contribution in [0.15, 0.2) is 66.7 Å². The quantitative estimate of drug-likeness (QED) is 0.240. The monoisotopic (exact) mass is 539 g/mol. The maximum absolute atomic E-state index is 13.0. The molecule has 0 heterocycles. The van der Waals surface area contributed by atoms with E-state index in [1.54, 1.807) is 30.3 Å². The molecule has 0 radical (unpaired) electrons. The number of ketones is 1. The number of nitrogens with zero attached hydrogens (tertiary/aromatic N) is 2. The van der Waals surface area contributed by atoms with E-state index in [1.807, 2.05) is 12.1 Å². The first kappa shape index (κ1) is 28.3. The number of hydrogen-bond acceptors (Lipinski definition) is 7. The van der Waals surface area contributed by atoms with Crippen molar-refractivity contribution >= 4 is 38.8 Å². The molecule has 0 unspecified atom stereocenters. The van der Waals surface area contributed by atoms with Gasteiger partial charge in [-0.25, -0.2) is 8.42 Å². The number of methoxy groups -OCH3 is 1. The lowest BCUT2D eigenvalue weighted by Gasteiger charge is -2.23. The summed E-state index contributed by atoms with van der Waals surface area (Å²) in [5, 5.41) is 13.8. The average Bonchev–Trinajstić information content (AvgIpc) is 2.85. The lowest BCUT2D eigenvalue weighted by molar-refractivity contribution is -0.384. The van der Waals surface area contributed by atoms with Crippen LogP contribution < -0.4 is 14.4 Å². The van der Waals surface area contributed by atoms with Gasteiger partial charge in [0.25, 0.3) is 5.69 Å². The minimum absolute atomic E-state index is 0.0406. The summed E-state index contributed by atoms with van der Waals surface area (Å²) < 4.78 is 31.0. The third kappa shape index (κ3) is 6.74. The van der Waals surface area contributed by atoms with Gasteiger partial charge in [0.05, 0.1) is 18.3 Å². The maximum atomic E-state index is 13.0. The summed E-state index contributed by atoms with van der Waals surface area (Å²) >= 11 is 0. The molecule has 0 aliphatic carbocycles. The van der Waals surface area contributed by atoms with Crippen molar-refractivity contribution in [1.82, 2.24) is 0 Å². The minimum Gasteiger partial charge on any atom is -0.495 e. The van der Waals surface area contributed by atoms with Gasteiger partial charge in [0.2, 0.25) is 15.9 Å². The van der Waals surface area contributed by atoms with Crippen molar-refractivity contribution < 1.29 is 27.7 Å². The lowest BCUT2D eigenvalue weighted by Crippen LogP contribution is -2.37. The smallest absolute Gasteiger partial charge is 0.271 e. The molecule has 0 atom stereocenters. The molecule has 1 amide bonds. The van der Waals surface area contributed by atoms with E-state index < -0.39 is 27.4 Å². The Hall–Kier alpha value is -4.25. The average molecular weight is 540 g/mol. The zero-order valence-corrected chi connectivity index (χ0v) is 22.5. The number of nitrogens with one attached hydrogen (secondary N) is 1. The minimum atomic E-state index is -4.04. The number of carbonyl (C=O) groups excluding carboxylic acids is 2. The van der Waals surface area contributed by atoms with Gasteiger partial charge >= 0.3 is 0 Å². The number of hydrogen-bond donors (Lipinski definition) is 1. The van der Waals surface area contributed by atoms with E-state index in [0.717, 1.165) is 22.2 Å². The predicted octanol–water partition coefficient (Wildman–Crippen LogP) is 4.54. The zero-order chi connectivity index (χ0) is 28.3. The molecule has 0 aliphatic rings. The number of carbonyl (C=O) groups is 2. The van der Waals surface area contributed by atoms with Crippen LogP contribution in [-0.2, 0) is 20.2 Å². The molecule has 0 fully saturated rings. The molecule has 0 spiro atoms. The van der Waals surface area contributed by atoms with Crippen LogP contribution in [0.3, 0.4) is 0 Å². The molecule has 11 heteroatoms. The molecular formula is C27H29N3O7S. The zero-order valence-electron chi connectivity index (χ0n) is 21.7. The molecule has 200 valence electrons. The summed E-state index contributed by atoms with van der Waals surface area (Å²) in [7, 11) is -2.75. The standard InChI is InChI=1S/C27H29N3O7S/c1-27(2,3)20-11-9-18(10-12-20)26(32)19-7-6-8-21(15-19)28-25(31)17-29(38(5,35)36)23-16-22(30(33)34)13-14-24(23)37-4/h6-16H,17H2,1-5H3,(H,28,31). The van der Waals surface area contributed by atoms with Gasteiger partial charge in [0, 0.05) is 28.9 Å². The molecule has 0 aromatic heterocycles. The number of sulfonamides is 1. The van der Waals surface area contributed by atoms with Crippen LogP contribution in [0, 0.1) is 10.1 Å². The highest BCUT2D eigenvalue weighted by atomic mass is 32.2. The number of rotatable bonds is 9. The second-order valence-corrected chi connectivity index (χ2v) is 11.6. The largest absolute Gasteiger partial charge is 0.495 e. The SMILES string of the molecule is COc1ccc([N+](=O)[O-])cc1N(CC(=O)Nc1cccc(C(=O)c2ccc(C(C)(C)C)cc2)c1)S(C)(=O)=O. The summed E-state index contributed by atoms with van der Waals surface area (Å²) in [5.41, 5.74) is 1.63. The molecule has 3 aromatic carbocycles. The Morgan fingerprint density at radius 1 is 1.00 bits per heavy atom. The van der Waals surface area contributed by atoms with Crippen molar-refractivity contribution in [3.05, 3.63) is 93.5 Å². The van der Waals surface area contributed by atoms with Crippen LogP contribution in [0.25, 0.3) is 0 Å². The highest BCUT2D eigenvalue weighted by Crippen LogP contribution is 2.33. The van der Waals surface area contributed by atoms with Crippen LogP contribution in [0.1, 0.15) is 42.3 Å². The lowest BCUT2D eigenvalue weighted by atomic mass is 9.86. The molecule has 0 saturated heterocycles. The second-order valence-electron chi connectivity index (χ2n) is 9.67. The fourth-order valence-corrected chi connectivity index (χ4v) is 4.58. The summed E-state index contributed by atoms with van der Waals surface area (Å²) in [6.07, 6.45) is 0.878. The Morgan fingerprint density at radius 3 is 2.21 bits per heavy atom. The Bertz CT molecular complexity index is 1480. The van der Waals surface area contributed by atoms with Gasteiger partial charge < -0.3 is 10.1 Å². The fraction of sp³-hybridized carbons (Fsp3) is 0.259. The number of amides is 1. The molecule has 0 bridgehead atoms. The fourth-order valence-electron chi connectivity index (χ4n) is 3.73. The van der Waals surface area contributed by atoms with Crippen molar-refractivity contribution in [3.8, 4) is 5.75 Å². The van der Waals surface area contributed by atoms with E-state index in [9.17, 15) is 28.1 Å². The number of nitro groups is 1. The second kappa shape index (κ2) is 11.0. The highest BCUT2D eigenvalue weighted by molar-refractivity contribution is 7.92. The van der Waals surface area contributed by atoms with Gasteiger partial charge in [-0.1, -0.05) is 57.2 Å². The molecule has 3 aromatic rings. The van der Waals surface area contributed by atoms with Crippen molar-refractivity contribution in [3.63, 3.8) is 0 Å². The first-order valence-electron chi connectivity index (χ1n) is 11.6. The molecule has 1 N–H and O–H groups in total. The molecule has 0 saturated carbocycles. The Morgan fingerprint density at radius 2 is 1.66 bits per heavy atom. The Labute approximate surface area is 221 Å². The van der Waals surface area contributed by atoms with E-state index in [2.05, 4.69) is 26.1 Å². The van der Waals surface area contributed by atoms with Gasteiger partial charge in [-0.15, -0.1) is 0 Å². The van der Waals surface area contributed by atoms with E-state index in [4.69, 9.17) is 4.74 Å². The Balaban J connectivity index is 1.83. The van der Waals surface area contributed by atoms with Gasteiger partial charge in [0.15, 0.2) is 5.78 Å². The first-order chi connectivity index (χ1) is 17.7. The van der Waals surface area contributed by atoms with E-state index >= 15 is 0 Å². The number of ether oxygens (including phenoxy) is 1. The highest BCUT2D eigenvalue weighted by Gasteiger charge is 2.26. The van der Waals surface area contributed by atoms with Crippen molar-refractivity contribution in [2.75, 3.05) is 29.5 Å². The topological polar surface area (TPSA) is 136 Å².